The van der Waals surface area contributed by atoms with E-state index in [0.717, 1.165) is 24.1 Å². The van der Waals surface area contributed by atoms with Crippen LogP contribution in [0.2, 0.25) is 0 Å². The normalized spacial score (nSPS) is 10.4. The molecule has 110 valence electrons. The van der Waals surface area contributed by atoms with Gasteiger partial charge in [-0.15, -0.1) is 0 Å². The van der Waals surface area contributed by atoms with Crippen LogP contribution in [0, 0.1) is 11.6 Å². The maximum Gasteiger partial charge on any atom is 0.254 e. The number of aryl methyl sites for hydroxylation is 1. The van der Waals surface area contributed by atoms with E-state index in [1.807, 2.05) is 0 Å². The molecule has 3 nitrogen and oxygen atoms in total. The van der Waals surface area contributed by atoms with Crippen LogP contribution >= 0.6 is 0 Å². The van der Waals surface area contributed by atoms with E-state index < -0.39 is 17.5 Å². The van der Waals surface area contributed by atoms with E-state index in [1.54, 1.807) is 24.3 Å². The Kier molecular flexibility index (Phi) is 4.87. The summed E-state index contributed by atoms with van der Waals surface area (Å²) in [6, 6.07) is 9.66. The Morgan fingerprint density at radius 3 is 2.48 bits per heavy atom. The Hall–Kier alpha value is -2.43. The first-order valence-corrected chi connectivity index (χ1v) is 6.57. The van der Waals surface area contributed by atoms with Crippen molar-refractivity contribution in [2.75, 3.05) is 6.54 Å². The van der Waals surface area contributed by atoms with Crippen LogP contribution in [0.25, 0.3) is 0 Å². The summed E-state index contributed by atoms with van der Waals surface area (Å²) in [6.45, 7) is 0.385. The standard InChI is InChI=1S/C16H15F2NO2/c17-12-5-8-14(15(18)10-12)16(21)19-9-1-2-11-3-6-13(20)7-4-11/h3-8,10,20H,1-2,9H2,(H,19,21). The predicted molar refractivity (Wildman–Crippen MR) is 75.1 cm³/mol. The molecule has 21 heavy (non-hydrogen) atoms. The van der Waals surface area contributed by atoms with Gasteiger partial charge in [-0.25, -0.2) is 8.78 Å². The Morgan fingerprint density at radius 1 is 1.10 bits per heavy atom. The van der Waals surface area contributed by atoms with Crippen LogP contribution in [0.3, 0.4) is 0 Å². The molecule has 0 aromatic heterocycles. The summed E-state index contributed by atoms with van der Waals surface area (Å²) < 4.78 is 26.1. The molecule has 0 saturated carbocycles. The fraction of sp³-hybridized carbons (Fsp3) is 0.188. The number of amides is 1. The van der Waals surface area contributed by atoms with E-state index >= 15 is 0 Å². The lowest BCUT2D eigenvalue weighted by Gasteiger charge is -2.06. The van der Waals surface area contributed by atoms with Crippen LogP contribution in [-0.2, 0) is 6.42 Å². The van der Waals surface area contributed by atoms with Crippen LogP contribution < -0.4 is 5.32 Å². The van der Waals surface area contributed by atoms with Crippen LogP contribution in [0.15, 0.2) is 42.5 Å². The molecule has 2 N–H and O–H groups in total. The second-order valence-electron chi connectivity index (χ2n) is 4.65. The average molecular weight is 291 g/mol. The zero-order valence-corrected chi connectivity index (χ0v) is 11.3. The lowest BCUT2D eigenvalue weighted by Crippen LogP contribution is -2.25. The minimum absolute atomic E-state index is 0.166. The number of hydrogen-bond donors (Lipinski definition) is 2. The van der Waals surface area contributed by atoms with Gasteiger partial charge in [0.2, 0.25) is 0 Å². The van der Waals surface area contributed by atoms with Gasteiger partial charge in [0, 0.05) is 12.6 Å². The molecule has 2 rings (SSSR count). The number of phenolic OH excluding ortho intramolecular Hbond substituents is 1. The van der Waals surface area contributed by atoms with Gasteiger partial charge >= 0.3 is 0 Å². The molecule has 0 aliphatic heterocycles. The average Bonchev–Trinajstić information content (AvgIpc) is 2.45. The molecular formula is C16H15F2NO2. The van der Waals surface area contributed by atoms with Crippen molar-refractivity contribution in [1.82, 2.24) is 5.32 Å². The summed E-state index contributed by atoms with van der Waals surface area (Å²) >= 11 is 0. The highest BCUT2D eigenvalue weighted by atomic mass is 19.1. The fourth-order valence-electron chi connectivity index (χ4n) is 1.93. The van der Waals surface area contributed by atoms with Crippen LogP contribution in [-0.4, -0.2) is 17.6 Å². The molecule has 0 radical (unpaired) electrons. The smallest absolute Gasteiger partial charge is 0.254 e. The molecule has 1 amide bonds. The molecule has 0 bridgehead atoms. The molecule has 0 aliphatic carbocycles. The Morgan fingerprint density at radius 2 is 1.81 bits per heavy atom. The van der Waals surface area contributed by atoms with Gasteiger partial charge in [0.05, 0.1) is 5.56 Å². The topological polar surface area (TPSA) is 49.3 Å². The molecule has 0 unspecified atom stereocenters. The van der Waals surface area contributed by atoms with E-state index in [-0.39, 0.29) is 11.3 Å². The van der Waals surface area contributed by atoms with Gasteiger partial charge in [-0.1, -0.05) is 12.1 Å². The minimum atomic E-state index is -0.869. The van der Waals surface area contributed by atoms with Gasteiger partial charge in [-0.2, -0.15) is 0 Å². The molecule has 0 fully saturated rings. The first-order chi connectivity index (χ1) is 10.1. The summed E-state index contributed by atoms with van der Waals surface area (Å²) in [6.07, 6.45) is 1.41. The Bertz CT molecular complexity index is 627. The summed E-state index contributed by atoms with van der Waals surface area (Å²) in [5.74, 6) is -1.93. The lowest BCUT2D eigenvalue weighted by molar-refractivity contribution is 0.0949. The first-order valence-electron chi connectivity index (χ1n) is 6.57. The molecule has 0 aliphatic rings. The van der Waals surface area contributed by atoms with Crippen molar-refractivity contribution < 1.29 is 18.7 Å². The highest BCUT2D eigenvalue weighted by Gasteiger charge is 2.11. The molecule has 2 aromatic carbocycles. The number of rotatable bonds is 5. The van der Waals surface area contributed by atoms with E-state index in [0.29, 0.717) is 19.0 Å². The maximum absolute atomic E-state index is 13.4. The van der Waals surface area contributed by atoms with Crippen LogP contribution in [0.5, 0.6) is 5.75 Å². The Labute approximate surface area is 121 Å². The van der Waals surface area contributed by atoms with Crippen molar-refractivity contribution in [3.8, 4) is 5.75 Å². The van der Waals surface area contributed by atoms with Crippen molar-refractivity contribution >= 4 is 5.91 Å². The van der Waals surface area contributed by atoms with Crippen molar-refractivity contribution in [2.45, 2.75) is 12.8 Å². The summed E-state index contributed by atoms with van der Waals surface area (Å²) in [5, 5.41) is 11.7. The van der Waals surface area contributed by atoms with Gasteiger partial charge in [0.1, 0.15) is 17.4 Å². The van der Waals surface area contributed by atoms with Gasteiger partial charge in [0.15, 0.2) is 0 Å². The first kappa shape index (κ1) is 15.0. The number of phenols is 1. The minimum Gasteiger partial charge on any atom is -0.508 e. The third-order valence-electron chi connectivity index (χ3n) is 3.04. The third kappa shape index (κ3) is 4.27. The number of aromatic hydroxyl groups is 1. The predicted octanol–water partition coefficient (Wildman–Crippen LogP) is 3.03. The van der Waals surface area contributed by atoms with Crippen molar-refractivity contribution in [1.29, 1.82) is 0 Å². The van der Waals surface area contributed by atoms with E-state index in [2.05, 4.69) is 5.32 Å². The molecular weight excluding hydrogens is 276 g/mol. The van der Waals surface area contributed by atoms with E-state index in [9.17, 15) is 13.6 Å². The zero-order valence-electron chi connectivity index (χ0n) is 11.3. The molecule has 5 heteroatoms. The van der Waals surface area contributed by atoms with Gasteiger partial charge in [0.25, 0.3) is 5.91 Å². The number of carbonyl (C=O) groups excluding carboxylic acids is 1. The van der Waals surface area contributed by atoms with Crippen LogP contribution in [0.4, 0.5) is 8.78 Å². The van der Waals surface area contributed by atoms with Gasteiger partial charge in [-0.3, -0.25) is 4.79 Å². The van der Waals surface area contributed by atoms with Gasteiger partial charge < -0.3 is 10.4 Å². The molecule has 2 aromatic rings. The second kappa shape index (κ2) is 6.83. The number of benzene rings is 2. The highest BCUT2D eigenvalue weighted by molar-refractivity contribution is 5.94. The van der Waals surface area contributed by atoms with E-state index in [4.69, 9.17) is 5.11 Å². The highest BCUT2D eigenvalue weighted by Crippen LogP contribution is 2.11. The summed E-state index contributed by atoms with van der Waals surface area (Å²) in [5.41, 5.74) is 0.871. The molecule has 0 atom stereocenters. The fourth-order valence-corrected chi connectivity index (χ4v) is 1.93. The number of nitrogens with one attached hydrogen (secondary N) is 1. The van der Waals surface area contributed by atoms with Gasteiger partial charge in [-0.05, 0) is 42.7 Å². The number of carbonyl (C=O) groups is 1. The number of halogens is 2. The Balaban J connectivity index is 1.80. The van der Waals surface area contributed by atoms with Crippen LogP contribution in [0.1, 0.15) is 22.3 Å². The lowest BCUT2D eigenvalue weighted by atomic mass is 10.1. The largest absolute Gasteiger partial charge is 0.508 e. The summed E-state index contributed by atoms with van der Waals surface area (Å²) in [7, 11) is 0. The third-order valence-corrected chi connectivity index (χ3v) is 3.04. The maximum atomic E-state index is 13.4. The van der Waals surface area contributed by atoms with E-state index in [1.165, 1.54) is 0 Å². The molecule has 0 saturated heterocycles. The SMILES string of the molecule is O=C(NCCCc1ccc(O)cc1)c1ccc(F)cc1F. The molecule has 0 spiro atoms. The number of hydrogen-bond acceptors (Lipinski definition) is 2. The zero-order chi connectivity index (χ0) is 15.2. The monoisotopic (exact) mass is 291 g/mol. The summed E-state index contributed by atoms with van der Waals surface area (Å²) in [4.78, 5) is 11.7. The van der Waals surface area contributed by atoms with Crippen molar-refractivity contribution in [3.63, 3.8) is 0 Å². The van der Waals surface area contributed by atoms with Crippen molar-refractivity contribution in [3.05, 3.63) is 65.2 Å². The molecule has 0 heterocycles. The van der Waals surface area contributed by atoms with Crippen molar-refractivity contribution in [2.24, 2.45) is 0 Å². The quantitative estimate of drug-likeness (QED) is 0.832. The second-order valence-corrected chi connectivity index (χ2v) is 4.65.